The number of hydrogen-bond acceptors (Lipinski definition) is 5. The number of hydrazine groups is 1. The van der Waals surface area contributed by atoms with Crippen molar-refractivity contribution in [1.82, 2.24) is 4.90 Å². The van der Waals surface area contributed by atoms with Crippen molar-refractivity contribution in [3.05, 3.63) is 33.9 Å². The summed E-state index contributed by atoms with van der Waals surface area (Å²) in [7, 11) is 0. The van der Waals surface area contributed by atoms with Crippen LogP contribution in [-0.4, -0.2) is 28.3 Å². The van der Waals surface area contributed by atoms with Gasteiger partial charge in [-0.1, -0.05) is 0 Å². The fourth-order valence-corrected chi connectivity index (χ4v) is 2.34. The smallest absolute Gasteiger partial charge is 0.294 e. The first-order valence-corrected chi connectivity index (χ1v) is 6.10. The minimum absolute atomic E-state index is 0.170. The zero-order valence-electron chi connectivity index (χ0n) is 10.6. The molecule has 1 heterocycles. The fourth-order valence-electron chi connectivity index (χ4n) is 2.34. The van der Waals surface area contributed by atoms with Crippen LogP contribution >= 0.6 is 0 Å². The minimum Gasteiger partial charge on any atom is -0.336 e. The molecule has 0 bridgehead atoms. The lowest BCUT2D eigenvalue weighted by Gasteiger charge is -2.21. The van der Waals surface area contributed by atoms with Gasteiger partial charge in [0.25, 0.3) is 11.6 Å². The summed E-state index contributed by atoms with van der Waals surface area (Å²) in [5.41, 5.74) is 2.57. The van der Waals surface area contributed by atoms with Crippen LogP contribution in [0.15, 0.2) is 18.2 Å². The molecule has 1 unspecified atom stereocenters. The first-order chi connectivity index (χ1) is 9.04. The van der Waals surface area contributed by atoms with Crippen molar-refractivity contribution in [2.45, 2.75) is 25.8 Å². The summed E-state index contributed by atoms with van der Waals surface area (Å²) in [5.74, 6) is 5.04. The molecule has 102 valence electrons. The summed E-state index contributed by atoms with van der Waals surface area (Å²) in [6, 6.07) is 4.45. The number of nitrogens with zero attached hydrogens (tertiary/aromatic N) is 2. The van der Waals surface area contributed by atoms with E-state index in [0.717, 1.165) is 12.8 Å². The average molecular weight is 264 g/mol. The normalized spacial score (nSPS) is 18.4. The van der Waals surface area contributed by atoms with Crippen LogP contribution < -0.4 is 11.3 Å². The van der Waals surface area contributed by atoms with Gasteiger partial charge in [-0.15, -0.1) is 0 Å². The van der Waals surface area contributed by atoms with Crippen LogP contribution in [0.1, 0.15) is 30.1 Å². The summed E-state index contributed by atoms with van der Waals surface area (Å²) < 4.78 is 0. The van der Waals surface area contributed by atoms with Gasteiger partial charge in [0.15, 0.2) is 0 Å². The molecule has 1 saturated heterocycles. The number of likely N-dealkylation sites (tertiary alicyclic amines) is 1. The molecule has 1 aliphatic rings. The predicted octanol–water partition coefficient (Wildman–Crippen LogP) is 1.50. The summed E-state index contributed by atoms with van der Waals surface area (Å²) in [4.78, 5) is 24.4. The molecule has 19 heavy (non-hydrogen) atoms. The number of anilines is 1. The highest BCUT2D eigenvalue weighted by Crippen LogP contribution is 2.27. The maximum absolute atomic E-state index is 12.3. The van der Waals surface area contributed by atoms with E-state index in [-0.39, 0.29) is 23.3 Å². The Morgan fingerprint density at radius 1 is 1.58 bits per heavy atom. The summed E-state index contributed by atoms with van der Waals surface area (Å²) in [5, 5.41) is 10.9. The van der Waals surface area contributed by atoms with E-state index in [0.29, 0.717) is 12.1 Å². The fraction of sp³-hybridized carbons (Fsp3) is 0.417. The largest absolute Gasteiger partial charge is 0.336 e. The minimum atomic E-state index is -0.556. The molecular formula is C12H16N4O3. The second-order valence-corrected chi connectivity index (χ2v) is 4.62. The molecule has 0 aliphatic carbocycles. The first kappa shape index (κ1) is 13.3. The van der Waals surface area contributed by atoms with Crippen LogP contribution in [0.4, 0.5) is 11.4 Å². The third kappa shape index (κ3) is 2.50. The molecular weight excluding hydrogens is 248 g/mol. The predicted molar refractivity (Wildman–Crippen MR) is 70.6 cm³/mol. The van der Waals surface area contributed by atoms with Gasteiger partial charge >= 0.3 is 0 Å². The maximum atomic E-state index is 12.3. The number of rotatable bonds is 3. The van der Waals surface area contributed by atoms with E-state index in [4.69, 9.17) is 5.84 Å². The van der Waals surface area contributed by atoms with Crippen molar-refractivity contribution < 1.29 is 9.72 Å². The molecule has 1 aromatic rings. The second-order valence-electron chi connectivity index (χ2n) is 4.62. The molecule has 7 heteroatoms. The highest BCUT2D eigenvalue weighted by atomic mass is 16.6. The molecule has 0 spiro atoms. The summed E-state index contributed by atoms with van der Waals surface area (Å²) >= 11 is 0. The van der Waals surface area contributed by atoms with Gasteiger partial charge in [0.1, 0.15) is 5.69 Å². The quantitative estimate of drug-likeness (QED) is 0.489. The Morgan fingerprint density at radius 2 is 2.32 bits per heavy atom. The van der Waals surface area contributed by atoms with Crippen molar-refractivity contribution in [3.63, 3.8) is 0 Å². The number of carbonyl (C=O) groups is 1. The highest BCUT2D eigenvalue weighted by molar-refractivity contribution is 5.96. The lowest BCUT2D eigenvalue weighted by atomic mass is 10.1. The van der Waals surface area contributed by atoms with Gasteiger partial charge in [-0.2, -0.15) is 0 Å². The summed E-state index contributed by atoms with van der Waals surface area (Å²) in [6.45, 7) is 2.68. The number of nitro benzene ring substituents is 1. The molecule has 1 aromatic carbocycles. The summed E-state index contributed by atoms with van der Waals surface area (Å²) in [6.07, 6.45) is 1.94. The topological polar surface area (TPSA) is 102 Å². The first-order valence-electron chi connectivity index (χ1n) is 6.10. The van der Waals surface area contributed by atoms with Gasteiger partial charge in [0.05, 0.1) is 4.92 Å². The Labute approximate surface area is 110 Å². The molecule has 3 N–H and O–H groups in total. The third-order valence-electron chi connectivity index (χ3n) is 3.41. The van der Waals surface area contributed by atoms with Gasteiger partial charge in [0.2, 0.25) is 0 Å². The van der Waals surface area contributed by atoms with E-state index >= 15 is 0 Å². The lowest BCUT2D eigenvalue weighted by Crippen LogP contribution is -2.33. The van der Waals surface area contributed by atoms with Crippen LogP contribution in [0.2, 0.25) is 0 Å². The van der Waals surface area contributed by atoms with Gasteiger partial charge in [-0.3, -0.25) is 20.8 Å². The van der Waals surface area contributed by atoms with E-state index in [1.807, 2.05) is 6.92 Å². The van der Waals surface area contributed by atoms with Gasteiger partial charge in [0, 0.05) is 24.2 Å². The highest BCUT2D eigenvalue weighted by Gasteiger charge is 2.27. The number of benzene rings is 1. The number of nitrogen functional groups attached to an aromatic ring is 1. The van der Waals surface area contributed by atoms with Crippen LogP contribution in [-0.2, 0) is 0 Å². The van der Waals surface area contributed by atoms with Gasteiger partial charge in [-0.25, -0.2) is 0 Å². The van der Waals surface area contributed by atoms with Crippen LogP contribution in [0.5, 0.6) is 0 Å². The molecule has 1 fully saturated rings. The van der Waals surface area contributed by atoms with E-state index in [9.17, 15) is 14.9 Å². The number of nitrogens with one attached hydrogen (secondary N) is 1. The Balaban J connectivity index is 2.32. The average Bonchev–Trinajstić information content (AvgIpc) is 2.83. The molecule has 0 radical (unpaired) electrons. The molecule has 0 saturated carbocycles. The zero-order valence-corrected chi connectivity index (χ0v) is 10.6. The molecule has 1 atom stereocenters. The Kier molecular flexibility index (Phi) is 3.66. The Bertz CT molecular complexity index is 518. The van der Waals surface area contributed by atoms with Crippen molar-refractivity contribution in [2.75, 3.05) is 12.0 Å². The molecule has 7 nitrogen and oxygen atoms in total. The van der Waals surface area contributed by atoms with Crippen LogP contribution in [0, 0.1) is 10.1 Å². The van der Waals surface area contributed by atoms with Crippen molar-refractivity contribution >= 4 is 17.3 Å². The lowest BCUT2D eigenvalue weighted by molar-refractivity contribution is -0.384. The third-order valence-corrected chi connectivity index (χ3v) is 3.41. The number of nitro groups is 1. The standard InChI is InChI=1S/C12H16N4O3/c1-8-3-2-6-15(8)12(17)9-4-5-10(14-13)11(7-9)16(18)19/h4-5,7-8,14H,2-3,6,13H2,1H3. The van der Waals surface area contributed by atoms with E-state index in [1.165, 1.54) is 12.1 Å². The van der Waals surface area contributed by atoms with Crippen LogP contribution in [0.3, 0.4) is 0 Å². The van der Waals surface area contributed by atoms with Crippen LogP contribution in [0.25, 0.3) is 0 Å². The Hall–Kier alpha value is -2.15. The number of carbonyl (C=O) groups excluding carboxylic acids is 1. The monoisotopic (exact) mass is 264 g/mol. The molecule has 2 rings (SSSR count). The SMILES string of the molecule is CC1CCCN1C(=O)c1ccc(NN)c([N+](=O)[O-])c1. The molecule has 0 aromatic heterocycles. The van der Waals surface area contributed by atoms with E-state index in [2.05, 4.69) is 5.43 Å². The van der Waals surface area contributed by atoms with E-state index < -0.39 is 4.92 Å². The zero-order chi connectivity index (χ0) is 14.0. The van der Waals surface area contributed by atoms with Gasteiger partial charge < -0.3 is 10.3 Å². The molecule has 1 amide bonds. The number of amides is 1. The Morgan fingerprint density at radius 3 is 2.84 bits per heavy atom. The second kappa shape index (κ2) is 5.23. The number of hydrogen-bond donors (Lipinski definition) is 2. The molecule has 1 aliphatic heterocycles. The maximum Gasteiger partial charge on any atom is 0.294 e. The van der Waals surface area contributed by atoms with Crippen molar-refractivity contribution in [3.8, 4) is 0 Å². The van der Waals surface area contributed by atoms with E-state index in [1.54, 1.807) is 11.0 Å². The number of nitrogens with two attached hydrogens (primary N) is 1. The van der Waals surface area contributed by atoms with Gasteiger partial charge in [-0.05, 0) is 31.9 Å². The van der Waals surface area contributed by atoms with Crippen molar-refractivity contribution in [1.29, 1.82) is 0 Å². The van der Waals surface area contributed by atoms with Crippen molar-refractivity contribution in [2.24, 2.45) is 5.84 Å².